The van der Waals surface area contributed by atoms with Gasteiger partial charge in [-0.3, -0.25) is 0 Å². The Labute approximate surface area is 639 Å². The second-order valence-corrected chi connectivity index (χ2v) is 33.5. The third kappa shape index (κ3) is 9.82. The molecule has 6 aliphatic carbocycles. The molecule has 526 valence electrons. The summed E-state index contributed by atoms with van der Waals surface area (Å²) in [7, 11) is 0. The van der Waals surface area contributed by atoms with Gasteiger partial charge < -0.3 is 18.9 Å². The van der Waals surface area contributed by atoms with Crippen molar-refractivity contribution in [3.8, 4) is 33.6 Å². The summed E-state index contributed by atoms with van der Waals surface area (Å²) in [5.41, 5.74) is 35.2. The number of fused-ring (bicyclic) bond motifs is 15. The average molecular weight is 1400 g/mol. The lowest BCUT2D eigenvalue weighted by atomic mass is 9.68. The summed E-state index contributed by atoms with van der Waals surface area (Å²) in [6.45, 7) is 19.5. The van der Waals surface area contributed by atoms with E-state index in [0.29, 0.717) is 11.8 Å². The monoisotopic (exact) mass is 1400 g/mol. The molecule has 0 amide bonds. The molecule has 4 atom stereocenters. The zero-order chi connectivity index (χ0) is 73.4. The average Bonchev–Trinajstić information content (AvgIpc) is 1.59. The number of anilines is 6. The zero-order valence-corrected chi connectivity index (χ0v) is 63.2. The molecule has 0 fully saturated rings. The molecular formula is C105H86N4. The molecule has 0 N–H and O–H groups in total. The number of aromatic nitrogens is 2. The van der Waals surface area contributed by atoms with Gasteiger partial charge >= 0.3 is 0 Å². The Kier molecular flexibility index (Phi) is 14.4. The van der Waals surface area contributed by atoms with E-state index in [2.05, 4.69) is 408 Å². The lowest BCUT2D eigenvalue weighted by molar-refractivity contribution is 0.394. The van der Waals surface area contributed by atoms with Gasteiger partial charge in [0.15, 0.2) is 0 Å². The molecule has 13 aromatic carbocycles. The van der Waals surface area contributed by atoms with Crippen LogP contribution in [0.25, 0.3) is 94.3 Å². The van der Waals surface area contributed by atoms with Crippen LogP contribution in [-0.2, 0) is 28.1 Å². The van der Waals surface area contributed by atoms with Gasteiger partial charge in [0, 0.05) is 94.8 Å². The molecule has 2 aromatic heterocycles. The topological polar surface area (TPSA) is 16.3 Å². The largest absolute Gasteiger partial charge is 0.313 e. The Morgan fingerprint density at radius 3 is 1.75 bits per heavy atom. The molecule has 109 heavy (non-hydrogen) atoms. The molecule has 0 bridgehead atoms. The Bertz CT molecular complexity index is 6480. The first-order valence-electron chi connectivity index (χ1n) is 39.2. The van der Waals surface area contributed by atoms with Crippen molar-refractivity contribution in [2.75, 3.05) is 9.80 Å². The van der Waals surface area contributed by atoms with Crippen LogP contribution >= 0.6 is 0 Å². The molecule has 4 nitrogen and oxygen atoms in total. The van der Waals surface area contributed by atoms with Crippen LogP contribution in [0, 0.1) is 11.8 Å². The minimum Gasteiger partial charge on any atom is -0.313 e. The molecule has 0 spiro atoms. The van der Waals surface area contributed by atoms with Gasteiger partial charge in [0.1, 0.15) is 0 Å². The second-order valence-electron chi connectivity index (χ2n) is 33.5. The fourth-order valence-corrected chi connectivity index (χ4v) is 20.6. The number of benzene rings is 13. The van der Waals surface area contributed by atoms with Gasteiger partial charge in [-0.25, -0.2) is 0 Å². The Hall–Kier alpha value is -12.2. The minimum absolute atomic E-state index is 0.00859. The van der Waals surface area contributed by atoms with E-state index in [4.69, 9.17) is 0 Å². The van der Waals surface area contributed by atoms with Gasteiger partial charge in [-0.15, -0.1) is 0 Å². The summed E-state index contributed by atoms with van der Waals surface area (Å²) in [5, 5.41) is 6.30. The van der Waals surface area contributed by atoms with Crippen LogP contribution in [0.4, 0.5) is 34.1 Å². The van der Waals surface area contributed by atoms with Crippen molar-refractivity contribution in [3.05, 3.63) is 389 Å². The maximum Gasteiger partial charge on any atom is 0.0541 e. The van der Waals surface area contributed by atoms with Crippen molar-refractivity contribution in [1.29, 1.82) is 0 Å². The fraction of sp³-hybridized carbons (Fsp3) is 0.162. The molecule has 6 aliphatic rings. The van der Waals surface area contributed by atoms with E-state index in [1.54, 1.807) is 0 Å². The highest BCUT2D eigenvalue weighted by Gasteiger charge is 2.46. The first kappa shape index (κ1) is 65.1. The third-order valence-corrected chi connectivity index (χ3v) is 26.3. The van der Waals surface area contributed by atoms with Crippen molar-refractivity contribution in [3.63, 3.8) is 0 Å². The highest BCUT2D eigenvalue weighted by molar-refractivity contribution is 6.11. The van der Waals surface area contributed by atoms with Crippen molar-refractivity contribution in [2.45, 2.75) is 95.8 Å². The van der Waals surface area contributed by atoms with Crippen LogP contribution in [0.1, 0.15) is 123 Å². The summed E-state index contributed by atoms with van der Waals surface area (Å²) in [6.07, 6.45) is 18.7. The zero-order valence-electron chi connectivity index (χ0n) is 63.2. The van der Waals surface area contributed by atoms with E-state index in [9.17, 15) is 0 Å². The van der Waals surface area contributed by atoms with Gasteiger partial charge in [0.2, 0.25) is 0 Å². The van der Waals surface area contributed by atoms with Crippen LogP contribution in [0.15, 0.2) is 333 Å². The number of para-hydroxylation sites is 4. The van der Waals surface area contributed by atoms with Crippen LogP contribution in [0.3, 0.4) is 0 Å². The molecule has 15 aromatic rings. The van der Waals surface area contributed by atoms with Gasteiger partial charge in [-0.05, 0) is 235 Å². The molecule has 4 heteroatoms. The first-order chi connectivity index (χ1) is 53.1. The predicted octanol–water partition coefficient (Wildman–Crippen LogP) is 27.6. The summed E-state index contributed by atoms with van der Waals surface area (Å²) >= 11 is 0. The standard InChI is InChI=1S/C105H86N4/c1-66-58-100-90(64-88(66)78-53-55-98(85-35-19-18-32-77(78)85)107(70-26-12-9-13-27-70)76-48-52-82-80-34-21-24-38-92(80)103(4,5)94(82)63-76)87-49-43-69(60-101(87)109(100)72-30-16-11-17-31-72)105(8)57-56-84-83-51-47-75(62-95(83)104(6,7)96(84)65-105)106(74-46-50-81-79-33-20-23-37-91(79)102(2,3)93(81)61-74)73-44-40-67(41-45-73)68-42-54-99-89(59-68)86-36-22-25-39-97(86)108(99)71-28-14-10-15-29-71/h9-57,59-64,66,80,92H,58,65H2,1-8H3/t66-,80?,92?,105?/m1/s1. The highest BCUT2D eigenvalue weighted by Crippen LogP contribution is 2.59. The third-order valence-electron chi connectivity index (χ3n) is 26.3. The predicted molar refractivity (Wildman–Crippen MR) is 460 cm³/mol. The molecule has 0 radical (unpaired) electrons. The normalized spacial score (nSPS) is 19.2. The molecule has 0 aliphatic heterocycles. The second kappa shape index (κ2) is 24.1. The van der Waals surface area contributed by atoms with Crippen LogP contribution in [0.2, 0.25) is 0 Å². The molecule has 21 rings (SSSR count). The fourth-order valence-electron chi connectivity index (χ4n) is 20.6. The van der Waals surface area contributed by atoms with Crippen LogP contribution in [0.5, 0.6) is 0 Å². The van der Waals surface area contributed by atoms with Crippen LogP contribution < -0.4 is 9.80 Å². The lowest BCUT2D eigenvalue weighted by Gasteiger charge is -2.36. The number of rotatable bonds is 11. The van der Waals surface area contributed by atoms with Gasteiger partial charge in [0.25, 0.3) is 0 Å². The number of nitrogens with zero attached hydrogens (tertiary/aromatic N) is 4. The minimum atomic E-state index is -0.279. The van der Waals surface area contributed by atoms with Gasteiger partial charge in [-0.1, -0.05) is 273 Å². The number of hydrogen-bond donors (Lipinski definition) is 0. The SMILES string of the molecule is C[C@@H]1Cc2c(c3ccc(C4(C)C=CC5=C(C4)C(C)(C)c4cc(N(c6ccc(-c7ccc8c(c7)c7ccccc7n8-c7ccccc7)cc6)c6ccc7c(c6)C(C)(C)c6ccccc6-7)ccc45)cc3n2-c2ccccc2)C=C1c1ccc(N(c2ccccc2)c2ccc3c(c2)C(C)(C)C2C=CC=CC32)c2ccccc12. The van der Waals surface area contributed by atoms with Gasteiger partial charge in [-0.2, -0.15) is 0 Å². The van der Waals surface area contributed by atoms with E-state index in [-0.39, 0.29) is 27.6 Å². The number of allylic oxidation sites excluding steroid dienone is 9. The van der Waals surface area contributed by atoms with E-state index < -0.39 is 0 Å². The van der Waals surface area contributed by atoms with E-state index >= 15 is 0 Å². The summed E-state index contributed by atoms with van der Waals surface area (Å²) in [4.78, 5) is 5.01. The Morgan fingerprint density at radius 1 is 0.394 bits per heavy atom. The van der Waals surface area contributed by atoms with E-state index in [1.807, 2.05) is 0 Å². The number of hydrogen-bond acceptors (Lipinski definition) is 2. The van der Waals surface area contributed by atoms with Crippen molar-refractivity contribution >= 4 is 94.8 Å². The van der Waals surface area contributed by atoms with Crippen molar-refractivity contribution in [1.82, 2.24) is 9.13 Å². The van der Waals surface area contributed by atoms with Crippen molar-refractivity contribution in [2.24, 2.45) is 11.8 Å². The molecule has 0 saturated heterocycles. The smallest absolute Gasteiger partial charge is 0.0541 e. The maximum atomic E-state index is 2.60. The molecule has 0 saturated carbocycles. The summed E-state index contributed by atoms with van der Waals surface area (Å²) < 4.78 is 4.99. The molecule has 3 unspecified atom stereocenters. The quantitative estimate of drug-likeness (QED) is 0.128. The highest BCUT2D eigenvalue weighted by atomic mass is 15.2. The Morgan fingerprint density at radius 2 is 0.982 bits per heavy atom. The Balaban J connectivity index is 0.626. The van der Waals surface area contributed by atoms with Crippen LogP contribution in [-0.4, -0.2) is 9.13 Å². The summed E-state index contributed by atoms with van der Waals surface area (Å²) in [6, 6.07) is 110. The maximum absolute atomic E-state index is 2.60. The van der Waals surface area contributed by atoms with E-state index in [1.165, 1.54) is 161 Å². The van der Waals surface area contributed by atoms with Crippen molar-refractivity contribution < 1.29 is 0 Å². The summed E-state index contributed by atoms with van der Waals surface area (Å²) in [5.74, 6) is 1.08. The van der Waals surface area contributed by atoms with E-state index in [0.717, 1.165) is 35.6 Å². The lowest BCUT2D eigenvalue weighted by Crippen LogP contribution is -2.28. The molecular weight excluding hydrogens is 1320 g/mol. The molecule has 2 heterocycles. The van der Waals surface area contributed by atoms with Gasteiger partial charge in [0.05, 0.1) is 22.2 Å². The first-order valence-corrected chi connectivity index (χ1v) is 39.2.